The number of hydrogen-bond donors (Lipinski definition) is 1. The first kappa shape index (κ1) is 20.5. The SMILES string of the molecule is CC(C)CCCC(C)[C@H]1CCC2C3=CC=C4C[C@@H](O)C=C[C@]4(C)C3CC[C@@]21C. The van der Waals surface area contributed by atoms with Gasteiger partial charge in [0, 0.05) is 5.41 Å². The summed E-state index contributed by atoms with van der Waals surface area (Å²) in [6.45, 7) is 12.3. The molecular formula is C27H42O. The summed E-state index contributed by atoms with van der Waals surface area (Å²) in [4.78, 5) is 0. The Labute approximate surface area is 173 Å². The minimum atomic E-state index is -0.286. The molecule has 4 aliphatic rings. The van der Waals surface area contributed by atoms with E-state index in [1.165, 1.54) is 50.5 Å². The average Bonchev–Trinajstić information content (AvgIpc) is 2.99. The third-order valence-corrected chi connectivity index (χ3v) is 9.30. The molecule has 1 nitrogen and oxygen atoms in total. The first-order chi connectivity index (χ1) is 13.3. The van der Waals surface area contributed by atoms with E-state index in [0.717, 1.165) is 30.1 Å². The van der Waals surface area contributed by atoms with Crippen LogP contribution in [0.3, 0.4) is 0 Å². The molecule has 0 aromatic heterocycles. The minimum Gasteiger partial charge on any atom is -0.389 e. The highest BCUT2D eigenvalue weighted by Crippen LogP contribution is 2.65. The second-order valence-electron chi connectivity index (χ2n) is 11.4. The van der Waals surface area contributed by atoms with Gasteiger partial charge < -0.3 is 5.11 Å². The Morgan fingerprint density at radius 2 is 1.82 bits per heavy atom. The molecule has 0 amide bonds. The predicted molar refractivity (Wildman–Crippen MR) is 119 cm³/mol. The lowest BCUT2D eigenvalue weighted by molar-refractivity contribution is 0.0593. The summed E-state index contributed by atoms with van der Waals surface area (Å²) in [6, 6.07) is 0. The number of allylic oxidation sites excluding steroid dienone is 4. The topological polar surface area (TPSA) is 20.2 Å². The van der Waals surface area contributed by atoms with Crippen LogP contribution in [0.4, 0.5) is 0 Å². The molecule has 4 aliphatic carbocycles. The monoisotopic (exact) mass is 382 g/mol. The van der Waals surface area contributed by atoms with Gasteiger partial charge in [0.2, 0.25) is 0 Å². The van der Waals surface area contributed by atoms with Gasteiger partial charge in [0.1, 0.15) is 0 Å². The summed E-state index contributed by atoms with van der Waals surface area (Å²) >= 11 is 0. The van der Waals surface area contributed by atoms with Gasteiger partial charge in [0.05, 0.1) is 6.10 Å². The van der Waals surface area contributed by atoms with E-state index < -0.39 is 0 Å². The number of aliphatic hydroxyl groups excluding tert-OH is 1. The Hall–Kier alpha value is -0.820. The lowest BCUT2D eigenvalue weighted by atomic mass is 9.51. The molecule has 7 atom stereocenters. The van der Waals surface area contributed by atoms with Crippen LogP contribution in [-0.4, -0.2) is 11.2 Å². The second kappa shape index (κ2) is 7.46. The molecular weight excluding hydrogens is 340 g/mol. The van der Waals surface area contributed by atoms with Crippen molar-refractivity contribution in [2.24, 2.45) is 40.4 Å². The van der Waals surface area contributed by atoms with Crippen LogP contribution in [0, 0.1) is 40.4 Å². The molecule has 0 aromatic rings. The maximum absolute atomic E-state index is 10.1. The summed E-state index contributed by atoms with van der Waals surface area (Å²) in [7, 11) is 0. The van der Waals surface area contributed by atoms with Crippen LogP contribution in [0.1, 0.15) is 86.0 Å². The molecule has 1 N–H and O–H groups in total. The molecule has 0 spiro atoms. The van der Waals surface area contributed by atoms with Gasteiger partial charge in [-0.15, -0.1) is 0 Å². The van der Waals surface area contributed by atoms with Crippen molar-refractivity contribution in [2.45, 2.75) is 92.1 Å². The molecule has 0 bridgehead atoms. The summed E-state index contributed by atoms with van der Waals surface area (Å²) in [5.41, 5.74) is 3.85. The zero-order chi connectivity index (χ0) is 20.1. The van der Waals surface area contributed by atoms with Gasteiger partial charge in [0.15, 0.2) is 0 Å². The van der Waals surface area contributed by atoms with Gasteiger partial charge in [-0.2, -0.15) is 0 Å². The number of fused-ring (bicyclic) bond motifs is 5. The first-order valence-corrected chi connectivity index (χ1v) is 12.0. The quantitative estimate of drug-likeness (QED) is 0.503. The van der Waals surface area contributed by atoms with E-state index in [1.54, 1.807) is 5.57 Å². The van der Waals surface area contributed by atoms with Gasteiger partial charge >= 0.3 is 0 Å². The van der Waals surface area contributed by atoms with Gasteiger partial charge in [-0.25, -0.2) is 0 Å². The van der Waals surface area contributed by atoms with Crippen molar-refractivity contribution in [2.75, 3.05) is 0 Å². The van der Waals surface area contributed by atoms with Gasteiger partial charge in [-0.1, -0.05) is 89.3 Å². The van der Waals surface area contributed by atoms with E-state index in [4.69, 9.17) is 0 Å². The van der Waals surface area contributed by atoms with Crippen molar-refractivity contribution in [1.29, 1.82) is 0 Å². The van der Waals surface area contributed by atoms with Crippen molar-refractivity contribution < 1.29 is 5.11 Å². The largest absolute Gasteiger partial charge is 0.389 e. The summed E-state index contributed by atoms with van der Waals surface area (Å²) in [5.74, 6) is 4.03. The second-order valence-corrected chi connectivity index (χ2v) is 11.4. The lowest BCUT2D eigenvalue weighted by Gasteiger charge is -2.53. The zero-order valence-corrected chi connectivity index (χ0v) is 18.9. The van der Waals surface area contributed by atoms with Crippen LogP contribution < -0.4 is 0 Å². The van der Waals surface area contributed by atoms with Gasteiger partial charge in [-0.05, 0) is 67.1 Å². The third-order valence-electron chi connectivity index (χ3n) is 9.30. The summed E-state index contributed by atoms with van der Waals surface area (Å²) in [6.07, 6.45) is 19.5. The van der Waals surface area contributed by atoms with Crippen LogP contribution in [0.2, 0.25) is 0 Å². The highest BCUT2D eigenvalue weighted by atomic mass is 16.3. The summed E-state index contributed by atoms with van der Waals surface area (Å²) < 4.78 is 0. The fourth-order valence-electron chi connectivity index (χ4n) is 7.61. The molecule has 156 valence electrons. The molecule has 2 saturated carbocycles. The Balaban J connectivity index is 1.54. The smallest absolute Gasteiger partial charge is 0.0758 e. The van der Waals surface area contributed by atoms with Crippen molar-refractivity contribution in [1.82, 2.24) is 0 Å². The Kier molecular flexibility index (Phi) is 5.45. The normalized spacial score (nSPS) is 43.1. The van der Waals surface area contributed by atoms with E-state index in [2.05, 4.69) is 58.9 Å². The molecule has 0 saturated heterocycles. The highest BCUT2D eigenvalue weighted by Gasteiger charge is 2.56. The Morgan fingerprint density at radius 1 is 1.04 bits per heavy atom. The zero-order valence-electron chi connectivity index (χ0n) is 18.9. The van der Waals surface area contributed by atoms with Crippen LogP contribution in [-0.2, 0) is 0 Å². The Bertz CT molecular complexity index is 682. The fraction of sp³-hybridized carbons (Fsp3) is 0.778. The van der Waals surface area contributed by atoms with E-state index in [-0.39, 0.29) is 11.5 Å². The molecule has 0 aromatic carbocycles. The maximum Gasteiger partial charge on any atom is 0.0758 e. The Morgan fingerprint density at radius 3 is 2.57 bits per heavy atom. The molecule has 4 rings (SSSR count). The predicted octanol–water partition coefficient (Wildman–Crippen LogP) is 7.08. The maximum atomic E-state index is 10.1. The third kappa shape index (κ3) is 3.26. The fourth-order valence-corrected chi connectivity index (χ4v) is 7.61. The van der Waals surface area contributed by atoms with Crippen LogP contribution in [0.5, 0.6) is 0 Å². The van der Waals surface area contributed by atoms with E-state index in [1.807, 2.05) is 0 Å². The number of hydrogen-bond acceptors (Lipinski definition) is 1. The standard InChI is InChI=1S/C27H42O/c1-18(2)7-6-8-19(3)23-11-12-24-22-10-9-20-17-21(28)13-15-26(20,4)25(22)14-16-27(23,24)5/h9-10,13,15,18-19,21,23-25,28H,6-8,11-12,14,16-17H2,1-5H3/t19?,21-,23+,24?,25?,26-,27+/m0/s1. The molecule has 0 aliphatic heterocycles. The molecule has 0 radical (unpaired) electrons. The lowest BCUT2D eigenvalue weighted by Crippen LogP contribution is -2.45. The van der Waals surface area contributed by atoms with Crippen LogP contribution in [0.25, 0.3) is 0 Å². The van der Waals surface area contributed by atoms with Crippen molar-refractivity contribution >= 4 is 0 Å². The highest BCUT2D eigenvalue weighted by molar-refractivity contribution is 5.42. The molecule has 28 heavy (non-hydrogen) atoms. The van der Waals surface area contributed by atoms with Crippen LogP contribution in [0.15, 0.2) is 35.5 Å². The van der Waals surface area contributed by atoms with E-state index in [0.29, 0.717) is 11.3 Å². The van der Waals surface area contributed by atoms with E-state index >= 15 is 0 Å². The van der Waals surface area contributed by atoms with Crippen molar-refractivity contribution in [3.8, 4) is 0 Å². The molecule has 1 heteroatoms. The average molecular weight is 383 g/mol. The molecule has 3 unspecified atom stereocenters. The number of aliphatic hydroxyl groups is 1. The first-order valence-electron chi connectivity index (χ1n) is 12.0. The number of rotatable bonds is 5. The molecule has 2 fully saturated rings. The van der Waals surface area contributed by atoms with E-state index in [9.17, 15) is 5.11 Å². The van der Waals surface area contributed by atoms with Gasteiger partial charge in [0.25, 0.3) is 0 Å². The summed E-state index contributed by atoms with van der Waals surface area (Å²) in [5, 5.41) is 10.1. The van der Waals surface area contributed by atoms with Gasteiger partial charge in [-0.3, -0.25) is 0 Å². The van der Waals surface area contributed by atoms with Crippen LogP contribution >= 0.6 is 0 Å². The van der Waals surface area contributed by atoms with Crippen molar-refractivity contribution in [3.05, 3.63) is 35.5 Å². The molecule has 0 heterocycles. The minimum absolute atomic E-state index is 0.144. The van der Waals surface area contributed by atoms with Crippen molar-refractivity contribution in [3.63, 3.8) is 0 Å².